The van der Waals surface area contributed by atoms with Crippen molar-refractivity contribution in [2.45, 2.75) is 19.9 Å². The van der Waals surface area contributed by atoms with Crippen LogP contribution in [0.4, 0.5) is 5.69 Å². The molecule has 144 valence electrons. The van der Waals surface area contributed by atoms with Gasteiger partial charge in [-0.3, -0.25) is 4.79 Å². The van der Waals surface area contributed by atoms with Gasteiger partial charge in [0, 0.05) is 23.0 Å². The number of carbonyl (C=O) groups is 3. The highest BCUT2D eigenvalue weighted by Gasteiger charge is 2.23. The van der Waals surface area contributed by atoms with Gasteiger partial charge in [-0.1, -0.05) is 30.3 Å². The van der Waals surface area contributed by atoms with Gasteiger partial charge in [0.1, 0.15) is 5.69 Å². The molecule has 1 amide bonds. The summed E-state index contributed by atoms with van der Waals surface area (Å²) in [5.74, 6) is -2.07. The lowest BCUT2D eigenvalue weighted by Crippen LogP contribution is -2.19. The minimum atomic E-state index is -1.09. The Bertz CT molecular complexity index is 1070. The third-order valence-corrected chi connectivity index (χ3v) is 4.54. The first-order valence-electron chi connectivity index (χ1n) is 8.78. The standard InChI is InChI=1S/C21H20N2O5/c1-3-23-17-11-7-5-8-13(17)15(19(23)20(25)26)12-18(24)22-16-10-6-4-9-14(16)21(27)28-2/h4-11H,3,12H2,1-2H3,(H,22,24)(H,25,26). The van der Waals surface area contributed by atoms with E-state index in [1.165, 1.54) is 7.11 Å². The Balaban J connectivity index is 1.98. The van der Waals surface area contributed by atoms with Crippen LogP contribution in [0.3, 0.4) is 0 Å². The van der Waals surface area contributed by atoms with Crippen LogP contribution in [0.5, 0.6) is 0 Å². The van der Waals surface area contributed by atoms with Crippen molar-refractivity contribution in [1.29, 1.82) is 0 Å². The molecule has 0 atom stereocenters. The number of ether oxygens (including phenoxy) is 1. The third kappa shape index (κ3) is 3.46. The Morgan fingerprint density at radius 3 is 2.43 bits per heavy atom. The Labute approximate surface area is 161 Å². The molecule has 2 aromatic carbocycles. The first kappa shape index (κ1) is 19.2. The number of aromatic carboxylic acids is 1. The van der Waals surface area contributed by atoms with Crippen LogP contribution in [-0.4, -0.2) is 34.6 Å². The molecular weight excluding hydrogens is 360 g/mol. The lowest BCUT2D eigenvalue weighted by atomic mass is 10.1. The monoisotopic (exact) mass is 380 g/mol. The van der Waals surface area contributed by atoms with Crippen molar-refractivity contribution in [3.05, 3.63) is 65.4 Å². The Kier molecular flexibility index (Phi) is 5.44. The highest BCUT2D eigenvalue weighted by molar-refractivity contribution is 6.05. The summed E-state index contributed by atoms with van der Waals surface area (Å²) in [6.07, 6.45) is -0.134. The normalized spacial score (nSPS) is 10.6. The van der Waals surface area contributed by atoms with E-state index in [1.54, 1.807) is 34.9 Å². The quantitative estimate of drug-likeness (QED) is 0.639. The molecule has 28 heavy (non-hydrogen) atoms. The molecule has 0 bridgehead atoms. The molecular formula is C21H20N2O5. The number of anilines is 1. The molecule has 7 nitrogen and oxygen atoms in total. The highest BCUT2D eigenvalue weighted by Crippen LogP contribution is 2.27. The summed E-state index contributed by atoms with van der Waals surface area (Å²) in [7, 11) is 1.26. The molecule has 7 heteroatoms. The van der Waals surface area contributed by atoms with Crippen LogP contribution in [0.15, 0.2) is 48.5 Å². The summed E-state index contributed by atoms with van der Waals surface area (Å²) >= 11 is 0. The van der Waals surface area contributed by atoms with Crippen molar-refractivity contribution in [1.82, 2.24) is 4.57 Å². The fourth-order valence-corrected chi connectivity index (χ4v) is 3.36. The highest BCUT2D eigenvalue weighted by atomic mass is 16.5. The number of nitrogens with one attached hydrogen (secondary N) is 1. The first-order chi connectivity index (χ1) is 13.5. The van der Waals surface area contributed by atoms with E-state index in [1.807, 2.05) is 25.1 Å². The number of carbonyl (C=O) groups excluding carboxylic acids is 2. The van der Waals surface area contributed by atoms with E-state index in [0.29, 0.717) is 17.8 Å². The molecule has 0 radical (unpaired) electrons. The fourth-order valence-electron chi connectivity index (χ4n) is 3.36. The summed E-state index contributed by atoms with van der Waals surface area (Å²) in [4.78, 5) is 36.5. The number of hydrogen-bond donors (Lipinski definition) is 2. The summed E-state index contributed by atoms with van der Waals surface area (Å²) in [6, 6.07) is 13.8. The molecule has 3 aromatic rings. The van der Waals surface area contributed by atoms with Crippen LogP contribution in [-0.2, 0) is 22.5 Å². The number of benzene rings is 2. The van der Waals surface area contributed by atoms with E-state index in [-0.39, 0.29) is 17.7 Å². The van der Waals surface area contributed by atoms with Gasteiger partial charge in [0.15, 0.2) is 0 Å². The van der Waals surface area contributed by atoms with Crippen LogP contribution < -0.4 is 5.32 Å². The zero-order chi connectivity index (χ0) is 20.3. The Hall–Kier alpha value is -3.61. The van der Waals surface area contributed by atoms with Crippen molar-refractivity contribution in [3.8, 4) is 0 Å². The minimum Gasteiger partial charge on any atom is -0.477 e. The molecule has 0 aliphatic heterocycles. The first-order valence-corrected chi connectivity index (χ1v) is 8.78. The van der Waals surface area contributed by atoms with Crippen LogP contribution >= 0.6 is 0 Å². The van der Waals surface area contributed by atoms with E-state index < -0.39 is 17.8 Å². The summed E-state index contributed by atoms with van der Waals surface area (Å²) in [5.41, 5.74) is 1.85. The van der Waals surface area contributed by atoms with Crippen LogP contribution in [0.25, 0.3) is 10.9 Å². The van der Waals surface area contributed by atoms with Crippen LogP contribution in [0, 0.1) is 0 Å². The summed E-state index contributed by atoms with van der Waals surface area (Å²) in [6.45, 7) is 2.32. The zero-order valence-electron chi connectivity index (χ0n) is 15.6. The third-order valence-electron chi connectivity index (χ3n) is 4.54. The fraction of sp³-hybridized carbons (Fsp3) is 0.190. The van der Waals surface area contributed by atoms with Crippen molar-refractivity contribution in [2.24, 2.45) is 0 Å². The number of aromatic nitrogens is 1. The van der Waals surface area contributed by atoms with Crippen molar-refractivity contribution >= 4 is 34.4 Å². The molecule has 0 spiro atoms. The van der Waals surface area contributed by atoms with Crippen LogP contribution in [0.2, 0.25) is 0 Å². The van der Waals surface area contributed by atoms with E-state index in [9.17, 15) is 19.5 Å². The number of rotatable bonds is 6. The average molecular weight is 380 g/mol. The number of hydrogen-bond acceptors (Lipinski definition) is 4. The topological polar surface area (TPSA) is 97.6 Å². The number of methoxy groups -OCH3 is 1. The maximum Gasteiger partial charge on any atom is 0.352 e. The van der Waals surface area contributed by atoms with E-state index in [2.05, 4.69) is 5.32 Å². The number of para-hydroxylation sites is 2. The average Bonchev–Trinajstić information content (AvgIpc) is 3.01. The molecule has 0 unspecified atom stereocenters. The van der Waals surface area contributed by atoms with Gasteiger partial charge in [-0.05, 0) is 25.1 Å². The molecule has 3 rings (SSSR count). The molecule has 0 aliphatic carbocycles. The van der Waals surface area contributed by atoms with Crippen molar-refractivity contribution in [3.63, 3.8) is 0 Å². The van der Waals surface area contributed by atoms with Gasteiger partial charge >= 0.3 is 11.9 Å². The molecule has 0 saturated heterocycles. The second kappa shape index (κ2) is 7.96. The number of nitrogens with zero attached hydrogens (tertiary/aromatic N) is 1. The largest absolute Gasteiger partial charge is 0.477 e. The predicted octanol–water partition coefficient (Wildman–Crippen LogP) is 3.33. The number of amides is 1. The predicted molar refractivity (Wildman–Crippen MR) is 105 cm³/mol. The van der Waals surface area contributed by atoms with Gasteiger partial charge in [0.2, 0.25) is 5.91 Å². The molecule has 1 aromatic heterocycles. The van der Waals surface area contributed by atoms with Gasteiger partial charge in [-0.25, -0.2) is 9.59 Å². The molecule has 0 fully saturated rings. The summed E-state index contributed by atoms with van der Waals surface area (Å²) in [5, 5.41) is 13.1. The second-order valence-electron chi connectivity index (χ2n) is 6.16. The Morgan fingerprint density at radius 1 is 1.07 bits per heavy atom. The molecule has 0 aliphatic rings. The Morgan fingerprint density at radius 2 is 1.75 bits per heavy atom. The van der Waals surface area contributed by atoms with E-state index >= 15 is 0 Å². The molecule has 2 N–H and O–H groups in total. The SMILES string of the molecule is CCn1c(C(=O)O)c(CC(=O)Nc2ccccc2C(=O)OC)c2ccccc21. The minimum absolute atomic E-state index is 0.0973. The van der Waals surface area contributed by atoms with E-state index in [4.69, 9.17) is 4.74 Å². The maximum absolute atomic E-state index is 12.7. The lowest BCUT2D eigenvalue weighted by molar-refractivity contribution is -0.115. The van der Waals surface area contributed by atoms with Crippen LogP contribution in [0.1, 0.15) is 33.3 Å². The zero-order valence-corrected chi connectivity index (χ0v) is 15.6. The molecule has 0 saturated carbocycles. The number of aryl methyl sites for hydroxylation is 1. The van der Waals surface area contributed by atoms with Gasteiger partial charge in [-0.15, -0.1) is 0 Å². The number of carboxylic acid groups (broad SMARTS) is 1. The van der Waals surface area contributed by atoms with Crippen molar-refractivity contribution in [2.75, 3.05) is 12.4 Å². The van der Waals surface area contributed by atoms with Gasteiger partial charge in [0.05, 0.1) is 24.8 Å². The lowest BCUT2D eigenvalue weighted by Gasteiger charge is -2.10. The van der Waals surface area contributed by atoms with Gasteiger partial charge in [-0.2, -0.15) is 0 Å². The van der Waals surface area contributed by atoms with Crippen molar-refractivity contribution < 1.29 is 24.2 Å². The number of fused-ring (bicyclic) bond motifs is 1. The molecule has 1 heterocycles. The second-order valence-corrected chi connectivity index (χ2v) is 6.16. The van der Waals surface area contributed by atoms with E-state index in [0.717, 1.165) is 10.9 Å². The number of carboxylic acids is 1. The summed E-state index contributed by atoms with van der Waals surface area (Å²) < 4.78 is 6.41. The number of esters is 1. The maximum atomic E-state index is 12.7. The smallest absolute Gasteiger partial charge is 0.352 e. The van der Waals surface area contributed by atoms with Gasteiger partial charge in [0.25, 0.3) is 0 Å². The van der Waals surface area contributed by atoms with Gasteiger partial charge < -0.3 is 19.7 Å².